The Kier molecular flexibility index (Phi) is 5.09. The van der Waals surface area contributed by atoms with Gasteiger partial charge in [-0.2, -0.15) is 0 Å². The monoisotopic (exact) mass is 226 g/mol. The van der Waals surface area contributed by atoms with E-state index in [1.807, 2.05) is 18.2 Å². The molecule has 1 unspecified atom stereocenters. The van der Waals surface area contributed by atoms with E-state index in [1.54, 1.807) is 0 Å². The van der Waals surface area contributed by atoms with Crippen molar-refractivity contribution in [3.05, 3.63) is 34.9 Å². The van der Waals surface area contributed by atoms with Gasteiger partial charge in [0.15, 0.2) is 0 Å². The molecule has 0 amide bonds. The minimum atomic E-state index is 0.230. The van der Waals surface area contributed by atoms with Crippen LogP contribution in [0.1, 0.15) is 25.5 Å². The fourth-order valence-corrected chi connectivity index (χ4v) is 2.14. The van der Waals surface area contributed by atoms with Crippen LogP contribution in [-0.2, 0) is 0 Å². The summed E-state index contributed by atoms with van der Waals surface area (Å²) in [5.74, 6) is 0. The Balaban J connectivity index is 2.96. The van der Waals surface area contributed by atoms with E-state index in [9.17, 15) is 0 Å². The number of benzene rings is 1. The number of hydrogen-bond acceptors (Lipinski definition) is 2. The van der Waals surface area contributed by atoms with Crippen molar-refractivity contribution in [2.45, 2.75) is 19.9 Å². The van der Waals surface area contributed by atoms with Gasteiger partial charge in [0.1, 0.15) is 0 Å². The molecule has 1 rings (SSSR count). The van der Waals surface area contributed by atoms with Crippen LogP contribution in [0.15, 0.2) is 24.3 Å². The molecule has 15 heavy (non-hydrogen) atoms. The molecule has 0 aromatic heterocycles. The Bertz CT molecular complexity index is 297. The lowest BCUT2D eigenvalue weighted by Crippen LogP contribution is -2.33. The van der Waals surface area contributed by atoms with Crippen LogP contribution in [0.5, 0.6) is 0 Å². The maximum Gasteiger partial charge on any atom is 0.0484 e. The average Bonchev–Trinajstić information content (AvgIpc) is 2.27. The highest BCUT2D eigenvalue weighted by Gasteiger charge is 2.17. The van der Waals surface area contributed by atoms with Crippen molar-refractivity contribution in [3.8, 4) is 0 Å². The highest BCUT2D eigenvalue weighted by Crippen LogP contribution is 2.26. The van der Waals surface area contributed by atoms with E-state index in [0.717, 1.165) is 23.7 Å². The van der Waals surface area contributed by atoms with Crippen LogP contribution in [-0.4, -0.2) is 24.5 Å². The summed E-state index contributed by atoms with van der Waals surface area (Å²) >= 11 is 6.17. The summed E-state index contributed by atoms with van der Waals surface area (Å²) < 4.78 is 0. The molecule has 0 aliphatic heterocycles. The lowest BCUT2D eigenvalue weighted by molar-refractivity contribution is 0.224. The van der Waals surface area contributed by atoms with E-state index in [4.69, 9.17) is 17.3 Å². The summed E-state index contributed by atoms with van der Waals surface area (Å²) in [6.07, 6.45) is 0. The first kappa shape index (κ1) is 12.5. The number of nitrogens with two attached hydrogens (primary N) is 1. The molecule has 3 heteroatoms. The fraction of sp³-hybridized carbons (Fsp3) is 0.500. The molecule has 1 atom stereocenters. The molecule has 1 aromatic rings. The van der Waals surface area contributed by atoms with Crippen molar-refractivity contribution in [2.24, 2.45) is 5.73 Å². The Labute approximate surface area is 97.0 Å². The fourth-order valence-electron chi connectivity index (χ4n) is 1.88. The molecule has 0 radical (unpaired) electrons. The lowest BCUT2D eigenvalue weighted by atomic mass is 10.1. The Morgan fingerprint density at radius 1 is 1.27 bits per heavy atom. The number of hydrogen-bond donors (Lipinski definition) is 1. The number of rotatable bonds is 5. The second-order valence-electron chi connectivity index (χ2n) is 3.49. The topological polar surface area (TPSA) is 29.3 Å². The van der Waals surface area contributed by atoms with Gasteiger partial charge in [-0.3, -0.25) is 4.90 Å². The van der Waals surface area contributed by atoms with Gasteiger partial charge in [0.25, 0.3) is 0 Å². The van der Waals surface area contributed by atoms with Crippen LogP contribution < -0.4 is 5.73 Å². The standard InChI is InChI=1S/C12H19ClN2/c1-3-15(4-2)12(9-14)10-7-5-6-8-11(10)13/h5-8,12H,3-4,9,14H2,1-2H3. The molecular formula is C12H19ClN2. The van der Waals surface area contributed by atoms with Crippen molar-refractivity contribution in [3.63, 3.8) is 0 Å². The van der Waals surface area contributed by atoms with Crippen molar-refractivity contribution >= 4 is 11.6 Å². The lowest BCUT2D eigenvalue weighted by Gasteiger charge is -2.29. The van der Waals surface area contributed by atoms with E-state index in [0.29, 0.717) is 6.54 Å². The number of likely N-dealkylation sites (N-methyl/N-ethyl adjacent to an activating group) is 1. The quantitative estimate of drug-likeness (QED) is 0.837. The first-order chi connectivity index (χ1) is 7.24. The molecule has 2 N–H and O–H groups in total. The zero-order valence-electron chi connectivity index (χ0n) is 9.41. The summed E-state index contributed by atoms with van der Waals surface area (Å²) in [4.78, 5) is 2.32. The summed E-state index contributed by atoms with van der Waals surface area (Å²) in [7, 11) is 0. The summed E-state index contributed by atoms with van der Waals surface area (Å²) in [5.41, 5.74) is 6.96. The van der Waals surface area contributed by atoms with E-state index < -0.39 is 0 Å². The van der Waals surface area contributed by atoms with Gasteiger partial charge >= 0.3 is 0 Å². The van der Waals surface area contributed by atoms with E-state index in [1.165, 1.54) is 0 Å². The highest BCUT2D eigenvalue weighted by atomic mass is 35.5. The minimum absolute atomic E-state index is 0.230. The van der Waals surface area contributed by atoms with Gasteiger partial charge in [0.2, 0.25) is 0 Å². The summed E-state index contributed by atoms with van der Waals surface area (Å²) in [6.45, 7) is 6.87. The highest BCUT2D eigenvalue weighted by molar-refractivity contribution is 6.31. The zero-order valence-corrected chi connectivity index (χ0v) is 10.2. The number of halogens is 1. The summed E-state index contributed by atoms with van der Waals surface area (Å²) in [5, 5.41) is 0.805. The molecule has 2 nitrogen and oxygen atoms in total. The van der Waals surface area contributed by atoms with E-state index >= 15 is 0 Å². The predicted molar refractivity (Wildman–Crippen MR) is 66.2 cm³/mol. The van der Waals surface area contributed by atoms with Crippen LogP contribution >= 0.6 is 11.6 Å². The van der Waals surface area contributed by atoms with Crippen LogP contribution in [0.2, 0.25) is 5.02 Å². The van der Waals surface area contributed by atoms with Gasteiger partial charge in [-0.1, -0.05) is 43.6 Å². The Hall–Kier alpha value is -0.570. The molecular weight excluding hydrogens is 208 g/mol. The van der Waals surface area contributed by atoms with Gasteiger partial charge in [-0.05, 0) is 24.7 Å². The zero-order chi connectivity index (χ0) is 11.3. The third-order valence-electron chi connectivity index (χ3n) is 2.74. The largest absolute Gasteiger partial charge is 0.329 e. The predicted octanol–water partition coefficient (Wildman–Crippen LogP) is 2.68. The maximum atomic E-state index is 6.17. The third kappa shape index (κ3) is 2.94. The molecule has 1 aromatic carbocycles. The second-order valence-corrected chi connectivity index (χ2v) is 3.90. The van der Waals surface area contributed by atoms with Gasteiger partial charge < -0.3 is 5.73 Å². The molecule has 0 aliphatic rings. The molecule has 0 saturated carbocycles. The van der Waals surface area contributed by atoms with Gasteiger partial charge in [-0.15, -0.1) is 0 Å². The van der Waals surface area contributed by atoms with Crippen LogP contribution in [0.3, 0.4) is 0 Å². The second kappa shape index (κ2) is 6.11. The minimum Gasteiger partial charge on any atom is -0.329 e. The molecule has 84 valence electrons. The SMILES string of the molecule is CCN(CC)C(CN)c1ccccc1Cl. The van der Waals surface area contributed by atoms with Crippen molar-refractivity contribution in [1.82, 2.24) is 4.90 Å². The van der Waals surface area contributed by atoms with Crippen LogP contribution in [0.25, 0.3) is 0 Å². The molecule has 0 bridgehead atoms. The van der Waals surface area contributed by atoms with Gasteiger partial charge in [0, 0.05) is 17.6 Å². The van der Waals surface area contributed by atoms with Crippen LogP contribution in [0.4, 0.5) is 0 Å². The van der Waals surface area contributed by atoms with Gasteiger partial charge in [-0.25, -0.2) is 0 Å². The first-order valence-corrected chi connectivity index (χ1v) is 5.80. The van der Waals surface area contributed by atoms with Crippen molar-refractivity contribution < 1.29 is 0 Å². The van der Waals surface area contributed by atoms with Crippen LogP contribution in [0, 0.1) is 0 Å². The average molecular weight is 227 g/mol. The Morgan fingerprint density at radius 3 is 2.33 bits per heavy atom. The molecule has 0 aliphatic carbocycles. The normalized spacial score (nSPS) is 13.1. The first-order valence-electron chi connectivity index (χ1n) is 5.43. The molecule has 0 fully saturated rings. The van der Waals surface area contributed by atoms with Crippen molar-refractivity contribution in [2.75, 3.05) is 19.6 Å². The van der Waals surface area contributed by atoms with Gasteiger partial charge in [0.05, 0.1) is 0 Å². The van der Waals surface area contributed by atoms with E-state index in [2.05, 4.69) is 24.8 Å². The summed E-state index contributed by atoms with van der Waals surface area (Å²) in [6, 6.07) is 8.16. The molecule has 0 spiro atoms. The molecule has 0 saturated heterocycles. The van der Waals surface area contributed by atoms with Crippen molar-refractivity contribution in [1.29, 1.82) is 0 Å². The molecule has 0 heterocycles. The maximum absolute atomic E-state index is 6.17. The number of nitrogens with zero attached hydrogens (tertiary/aromatic N) is 1. The Morgan fingerprint density at radius 2 is 1.87 bits per heavy atom. The third-order valence-corrected chi connectivity index (χ3v) is 3.08. The smallest absolute Gasteiger partial charge is 0.0484 e. The van der Waals surface area contributed by atoms with E-state index in [-0.39, 0.29) is 6.04 Å².